The molecule has 0 saturated carbocycles. The molecule has 0 saturated heterocycles. The van der Waals surface area contributed by atoms with Crippen LogP contribution in [0.25, 0.3) is 11.1 Å². The van der Waals surface area contributed by atoms with Crippen molar-refractivity contribution in [2.45, 2.75) is 37.0 Å². The van der Waals surface area contributed by atoms with Gasteiger partial charge in [-0.1, -0.05) is 18.2 Å². The van der Waals surface area contributed by atoms with Gasteiger partial charge in [-0.2, -0.15) is 13.2 Å². The van der Waals surface area contributed by atoms with Crippen molar-refractivity contribution in [3.8, 4) is 16.9 Å². The summed E-state index contributed by atoms with van der Waals surface area (Å²) in [6.45, 7) is 1.35. The van der Waals surface area contributed by atoms with Crippen molar-refractivity contribution in [1.82, 2.24) is 4.57 Å². The van der Waals surface area contributed by atoms with Gasteiger partial charge in [-0.25, -0.2) is 17.6 Å². The smallest absolute Gasteiger partial charge is 0.416 e. The quantitative estimate of drug-likeness (QED) is 0.197. The number of aromatic nitrogens is 1. The van der Waals surface area contributed by atoms with Gasteiger partial charge in [0.1, 0.15) is 22.5 Å². The number of benzene rings is 3. The van der Waals surface area contributed by atoms with E-state index in [1.807, 2.05) is 0 Å². The summed E-state index contributed by atoms with van der Waals surface area (Å²) >= 11 is 0. The molecule has 0 amide bonds. The van der Waals surface area contributed by atoms with Crippen molar-refractivity contribution in [2.24, 2.45) is 0 Å². The van der Waals surface area contributed by atoms with Crippen molar-refractivity contribution < 1.29 is 39.7 Å². The first-order valence-electron chi connectivity index (χ1n) is 12.8. The standard InChI is InChI=1S/C30H23F7N2O3S/c1-14-19(12-20-21(30(35,36)37)6-4-7-22(20)32)29-39(28(40)25(14)18-5-3-8-24(42-2)26(18)34)17(13-43(29)41)10-15-9-16(31)11-23(33)27(15)38/h3-9,11,17H,10,12-13,38H2,1-2H3. The number of methoxy groups -OCH3 is 1. The Morgan fingerprint density at radius 3 is 2.40 bits per heavy atom. The summed E-state index contributed by atoms with van der Waals surface area (Å²) in [5.41, 5.74) is 1.88. The second kappa shape index (κ2) is 11.2. The normalized spacial score (nSPS) is 16.4. The lowest BCUT2D eigenvalue weighted by molar-refractivity contribution is -0.138. The Hall–Kier alpha value is -4.13. The van der Waals surface area contributed by atoms with Crippen LogP contribution in [0.15, 0.2) is 58.4 Å². The number of hydrogen-bond acceptors (Lipinski definition) is 4. The minimum absolute atomic E-state index is 0.00917. The summed E-state index contributed by atoms with van der Waals surface area (Å²) in [6, 6.07) is 6.91. The summed E-state index contributed by atoms with van der Waals surface area (Å²) in [5, 5.41) is -0.189. The van der Waals surface area contributed by atoms with Crippen LogP contribution in [0.2, 0.25) is 0 Å². The Bertz CT molecular complexity index is 1850. The molecule has 1 aliphatic heterocycles. The van der Waals surface area contributed by atoms with E-state index in [2.05, 4.69) is 0 Å². The van der Waals surface area contributed by atoms with Crippen LogP contribution in [0, 0.1) is 30.2 Å². The molecule has 5 rings (SSSR count). The zero-order chi connectivity index (χ0) is 31.4. The van der Waals surface area contributed by atoms with Crippen LogP contribution in [0.5, 0.6) is 5.75 Å². The first kappa shape index (κ1) is 30.3. The van der Waals surface area contributed by atoms with Gasteiger partial charge >= 0.3 is 6.18 Å². The van der Waals surface area contributed by atoms with Crippen LogP contribution in [-0.2, 0) is 29.8 Å². The minimum Gasteiger partial charge on any atom is -0.494 e. The number of halogens is 7. The molecular formula is C30H23F7N2O3S. The molecule has 2 atom stereocenters. The van der Waals surface area contributed by atoms with E-state index < -0.39 is 75.1 Å². The molecule has 2 unspecified atom stereocenters. The lowest BCUT2D eigenvalue weighted by Crippen LogP contribution is -2.29. The molecule has 0 bridgehead atoms. The van der Waals surface area contributed by atoms with Gasteiger partial charge in [-0.3, -0.25) is 13.6 Å². The number of ether oxygens (including phenoxy) is 1. The molecule has 43 heavy (non-hydrogen) atoms. The molecule has 0 spiro atoms. The maximum atomic E-state index is 15.5. The third-order valence-corrected chi connectivity index (χ3v) is 9.09. The highest BCUT2D eigenvalue weighted by atomic mass is 32.2. The van der Waals surface area contributed by atoms with E-state index in [-0.39, 0.29) is 50.8 Å². The maximum Gasteiger partial charge on any atom is 0.416 e. The first-order valence-corrected chi connectivity index (χ1v) is 14.1. The zero-order valence-corrected chi connectivity index (χ0v) is 23.4. The van der Waals surface area contributed by atoms with Crippen LogP contribution < -0.4 is 16.0 Å². The van der Waals surface area contributed by atoms with E-state index in [1.165, 1.54) is 32.2 Å². The molecule has 2 heterocycles. The Labute approximate surface area is 243 Å². The number of fused-ring (bicyclic) bond motifs is 1. The second-order valence-corrected chi connectivity index (χ2v) is 11.5. The fourth-order valence-corrected chi connectivity index (χ4v) is 7.24. The molecular weight excluding hydrogens is 601 g/mol. The van der Waals surface area contributed by atoms with Gasteiger partial charge in [0.25, 0.3) is 5.56 Å². The van der Waals surface area contributed by atoms with Gasteiger partial charge in [0.05, 0.1) is 46.5 Å². The van der Waals surface area contributed by atoms with Crippen molar-refractivity contribution in [3.63, 3.8) is 0 Å². The fourth-order valence-electron chi connectivity index (χ4n) is 5.52. The Morgan fingerprint density at radius 1 is 1.02 bits per heavy atom. The first-order chi connectivity index (χ1) is 20.2. The Balaban J connectivity index is 1.81. The molecule has 0 fully saturated rings. The second-order valence-electron chi connectivity index (χ2n) is 10.1. The predicted molar refractivity (Wildman–Crippen MR) is 146 cm³/mol. The number of nitrogens with two attached hydrogens (primary N) is 1. The zero-order valence-electron chi connectivity index (χ0n) is 22.6. The number of nitrogen functional groups attached to an aromatic ring is 1. The van der Waals surface area contributed by atoms with Crippen molar-refractivity contribution in [1.29, 1.82) is 0 Å². The van der Waals surface area contributed by atoms with E-state index in [0.29, 0.717) is 12.1 Å². The van der Waals surface area contributed by atoms with E-state index >= 15 is 4.39 Å². The van der Waals surface area contributed by atoms with Crippen LogP contribution in [0.3, 0.4) is 0 Å². The molecule has 13 heteroatoms. The highest BCUT2D eigenvalue weighted by Crippen LogP contribution is 2.40. The lowest BCUT2D eigenvalue weighted by atomic mass is 9.92. The van der Waals surface area contributed by atoms with Crippen LogP contribution in [-0.4, -0.2) is 21.6 Å². The molecule has 226 valence electrons. The third kappa shape index (κ3) is 5.30. The van der Waals surface area contributed by atoms with E-state index in [1.54, 1.807) is 0 Å². The van der Waals surface area contributed by atoms with Crippen molar-refractivity contribution >= 4 is 16.5 Å². The van der Waals surface area contributed by atoms with Gasteiger partial charge in [0.15, 0.2) is 11.6 Å². The molecule has 4 aromatic rings. The van der Waals surface area contributed by atoms with E-state index in [4.69, 9.17) is 10.5 Å². The minimum atomic E-state index is -4.94. The Morgan fingerprint density at radius 2 is 1.72 bits per heavy atom. The topological polar surface area (TPSA) is 74.3 Å². The summed E-state index contributed by atoms with van der Waals surface area (Å²) in [7, 11) is -0.820. The molecule has 2 N–H and O–H groups in total. The number of anilines is 1. The molecule has 1 aromatic heterocycles. The third-order valence-electron chi connectivity index (χ3n) is 7.53. The van der Waals surface area contributed by atoms with Crippen LogP contribution in [0.4, 0.5) is 36.4 Å². The SMILES string of the molecule is COc1cccc(-c2c(C)c(Cc3c(F)cccc3C(F)(F)F)c3n(c2=O)C(Cc2cc(F)cc(F)c2N)CS3=O)c1F. The van der Waals surface area contributed by atoms with Gasteiger partial charge < -0.3 is 10.5 Å². The van der Waals surface area contributed by atoms with Crippen molar-refractivity contribution in [2.75, 3.05) is 18.6 Å². The molecule has 0 aliphatic carbocycles. The average Bonchev–Trinajstić information content (AvgIpc) is 3.25. The summed E-state index contributed by atoms with van der Waals surface area (Å²) < 4.78 is 120. The summed E-state index contributed by atoms with van der Waals surface area (Å²) in [5.74, 6) is -4.62. The molecule has 0 radical (unpaired) electrons. The predicted octanol–water partition coefficient (Wildman–Crippen LogP) is 6.49. The molecule has 1 aliphatic rings. The largest absolute Gasteiger partial charge is 0.494 e. The molecule has 3 aromatic carbocycles. The number of nitrogens with zero attached hydrogens (tertiary/aromatic N) is 1. The van der Waals surface area contributed by atoms with Gasteiger partial charge in [-0.15, -0.1) is 0 Å². The lowest BCUT2D eigenvalue weighted by Gasteiger charge is -2.22. The van der Waals surface area contributed by atoms with Crippen molar-refractivity contribution in [3.05, 3.63) is 110 Å². The highest BCUT2D eigenvalue weighted by Gasteiger charge is 2.39. The van der Waals surface area contributed by atoms with Gasteiger partial charge in [0, 0.05) is 23.6 Å². The average molecular weight is 625 g/mol. The number of rotatable bonds is 6. The number of alkyl halides is 3. The highest BCUT2D eigenvalue weighted by molar-refractivity contribution is 7.85. The number of hydrogen-bond donors (Lipinski definition) is 1. The fraction of sp³-hybridized carbons (Fsp3) is 0.233. The molecule has 5 nitrogen and oxygen atoms in total. The van der Waals surface area contributed by atoms with Gasteiger partial charge in [-0.05, 0) is 54.3 Å². The maximum absolute atomic E-state index is 15.5. The van der Waals surface area contributed by atoms with E-state index in [0.717, 1.165) is 22.8 Å². The van der Waals surface area contributed by atoms with E-state index in [9.17, 15) is 35.3 Å². The summed E-state index contributed by atoms with van der Waals surface area (Å²) in [6.07, 6.45) is -5.96. The van der Waals surface area contributed by atoms with Crippen LogP contribution in [0.1, 0.15) is 33.9 Å². The van der Waals surface area contributed by atoms with Gasteiger partial charge in [0.2, 0.25) is 0 Å². The monoisotopic (exact) mass is 624 g/mol. The Kier molecular flexibility index (Phi) is 7.88. The number of pyridine rings is 1. The van der Waals surface area contributed by atoms with Crippen LogP contribution >= 0.6 is 0 Å². The summed E-state index contributed by atoms with van der Waals surface area (Å²) in [4.78, 5) is 14.1.